The van der Waals surface area contributed by atoms with Crippen LogP contribution in [0.15, 0.2) is 0 Å². The van der Waals surface area contributed by atoms with Gasteiger partial charge in [0.05, 0.1) is 25.3 Å². The zero-order valence-electron chi connectivity index (χ0n) is 11.8. The Bertz CT molecular complexity index is 284. The number of hydrogen-bond donors (Lipinski definition) is 4. The largest absolute Gasteiger partial charge is 0.391 e. The molecule has 0 aliphatic carbocycles. The number of aliphatic hydroxyl groups is 1. The van der Waals surface area contributed by atoms with E-state index in [0.717, 1.165) is 0 Å². The highest BCUT2D eigenvalue weighted by molar-refractivity contribution is 5.87. The molecule has 0 radical (unpaired) electrons. The van der Waals surface area contributed by atoms with Crippen molar-refractivity contribution in [2.24, 2.45) is 11.7 Å². The highest BCUT2D eigenvalue weighted by atomic mass is 16.5. The summed E-state index contributed by atoms with van der Waals surface area (Å²) >= 11 is 0. The smallest absolute Gasteiger partial charge is 0.239 e. The summed E-state index contributed by atoms with van der Waals surface area (Å²) in [5.74, 6) is -0.634. The van der Waals surface area contributed by atoms with E-state index in [9.17, 15) is 14.7 Å². The van der Waals surface area contributed by atoms with Gasteiger partial charge in [0.2, 0.25) is 11.8 Å². The molecule has 2 amide bonds. The zero-order valence-corrected chi connectivity index (χ0v) is 11.8. The molecule has 0 aliphatic rings. The molecule has 0 aromatic heterocycles. The lowest BCUT2D eigenvalue weighted by molar-refractivity contribution is -0.127. The molecular formula is C12H25N3O4. The molecule has 112 valence electrons. The van der Waals surface area contributed by atoms with Crippen LogP contribution < -0.4 is 16.4 Å². The maximum absolute atomic E-state index is 11.5. The van der Waals surface area contributed by atoms with E-state index in [-0.39, 0.29) is 30.9 Å². The van der Waals surface area contributed by atoms with Gasteiger partial charge >= 0.3 is 0 Å². The van der Waals surface area contributed by atoms with E-state index in [1.54, 1.807) is 0 Å². The van der Waals surface area contributed by atoms with Gasteiger partial charge in [0.15, 0.2) is 0 Å². The summed E-state index contributed by atoms with van der Waals surface area (Å²) in [5.41, 5.74) is 5.63. The fourth-order valence-electron chi connectivity index (χ4n) is 1.30. The van der Waals surface area contributed by atoms with E-state index in [1.165, 1.54) is 7.11 Å². The SMILES string of the molecule is COCC(O)CCNC(=O)CNC(=O)[C@@H](N)C(C)C. The third kappa shape index (κ3) is 8.52. The Morgan fingerprint density at radius 1 is 1.32 bits per heavy atom. The van der Waals surface area contributed by atoms with Crippen molar-refractivity contribution in [1.29, 1.82) is 0 Å². The number of carbonyl (C=O) groups is 2. The molecule has 0 saturated heterocycles. The second kappa shape index (κ2) is 9.71. The summed E-state index contributed by atoms with van der Waals surface area (Å²) < 4.78 is 4.76. The van der Waals surface area contributed by atoms with Crippen molar-refractivity contribution in [3.05, 3.63) is 0 Å². The van der Waals surface area contributed by atoms with E-state index in [4.69, 9.17) is 10.5 Å². The van der Waals surface area contributed by atoms with E-state index < -0.39 is 12.1 Å². The molecule has 0 saturated carbocycles. The third-order valence-electron chi connectivity index (χ3n) is 2.60. The first-order chi connectivity index (χ1) is 8.88. The lowest BCUT2D eigenvalue weighted by Crippen LogP contribution is -2.47. The minimum atomic E-state index is -0.615. The monoisotopic (exact) mass is 275 g/mol. The van der Waals surface area contributed by atoms with Crippen LogP contribution in [0.3, 0.4) is 0 Å². The Morgan fingerprint density at radius 3 is 2.47 bits per heavy atom. The Labute approximate surface area is 113 Å². The molecule has 19 heavy (non-hydrogen) atoms. The second-order valence-electron chi connectivity index (χ2n) is 4.74. The number of rotatable bonds is 9. The maximum atomic E-state index is 11.5. The number of amides is 2. The van der Waals surface area contributed by atoms with Crippen molar-refractivity contribution >= 4 is 11.8 Å². The van der Waals surface area contributed by atoms with E-state index >= 15 is 0 Å². The quantitative estimate of drug-likeness (QED) is 0.413. The summed E-state index contributed by atoms with van der Waals surface area (Å²) in [4.78, 5) is 22.9. The maximum Gasteiger partial charge on any atom is 0.239 e. The van der Waals surface area contributed by atoms with Crippen LogP contribution in [-0.2, 0) is 14.3 Å². The number of hydrogen-bond acceptors (Lipinski definition) is 5. The van der Waals surface area contributed by atoms with Crippen molar-refractivity contribution in [2.75, 3.05) is 26.8 Å². The zero-order chi connectivity index (χ0) is 14.8. The molecule has 0 heterocycles. The molecule has 0 spiro atoms. The van der Waals surface area contributed by atoms with Gasteiger partial charge in [-0.05, 0) is 12.3 Å². The molecule has 0 bridgehead atoms. The van der Waals surface area contributed by atoms with Crippen LogP contribution in [0.1, 0.15) is 20.3 Å². The first-order valence-corrected chi connectivity index (χ1v) is 6.35. The molecule has 5 N–H and O–H groups in total. The summed E-state index contributed by atoms with van der Waals surface area (Å²) in [6, 6.07) is -0.615. The molecule has 0 aliphatic heterocycles. The predicted octanol–water partition coefficient (Wildman–Crippen LogP) is -1.40. The fourth-order valence-corrected chi connectivity index (χ4v) is 1.30. The minimum absolute atomic E-state index is 0.0206. The average Bonchev–Trinajstić information content (AvgIpc) is 2.35. The Morgan fingerprint density at radius 2 is 1.95 bits per heavy atom. The Kier molecular flexibility index (Phi) is 9.11. The summed E-state index contributed by atoms with van der Waals surface area (Å²) in [7, 11) is 1.50. The van der Waals surface area contributed by atoms with Crippen LogP contribution in [0.5, 0.6) is 0 Å². The van der Waals surface area contributed by atoms with Crippen molar-refractivity contribution in [1.82, 2.24) is 10.6 Å². The second-order valence-corrected chi connectivity index (χ2v) is 4.74. The number of nitrogens with two attached hydrogens (primary N) is 1. The summed E-state index contributed by atoms with van der Waals surface area (Å²) in [5, 5.41) is 14.4. The van der Waals surface area contributed by atoms with Gasteiger partial charge < -0.3 is 26.2 Å². The van der Waals surface area contributed by atoms with Crippen LogP contribution in [0.4, 0.5) is 0 Å². The van der Waals surface area contributed by atoms with Crippen LogP contribution in [-0.4, -0.2) is 55.9 Å². The number of methoxy groups -OCH3 is 1. The van der Waals surface area contributed by atoms with E-state index in [1.807, 2.05) is 13.8 Å². The van der Waals surface area contributed by atoms with Crippen LogP contribution >= 0.6 is 0 Å². The number of ether oxygens (including phenoxy) is 1. The molecule has 0 fully saturated rings. The Hall–Kier alpha value is -1.18. The average molecular weight is 275 g/mol. The van der Waals surface area contributed by atoms with Crippen LogP contribution in [0.2, 0.25) is 0 Å². The summed E-state index contributed by atoms with van der Waals surface area (Å²) in [6.45, 7) is 4.12. The standard InChI is InChI=1S/C12H25N3O4/c1-8(2)11(13)12(18)15-6-10(17)14-5-4-9(16)7-19-3/h8-9,11,16H,4-7,13H2,1-3H3,(H,14,17)(H,15,18)/t9?,11-/m0/s1. The fraction of sp³-hybridized carbons (Fsp3) is 0.833. The predicted molar refractivity (Wildman–Crippen MR) is 71.3 cm³/mol. The van der Waals surface area contributed by atoms with Gasteiger partial charge in [-0.25, -0.2) is 0 Å². The van der Waals surface area contributed by atoms with Gasteiger partial charge in [-0.15, -0.1) is 0 Å². The topological polar surface area (TPSA) is 114 Å². The van der Waals surface area contributed by atoms with Gasteiger partial charge in [0.1, 0.15) is 0 Å². The van der Waals surface area contributed by atoms with Gasteiger partial charge in [-0.3, -0.25) is 9.59 Å². The number of carbonyl (C=O) groups excluding carboxylic acids is 2. The first-order valence-electron chi connectivity index (χ1n) is 6.35. The van der Waals surface area contributed by atoms with Crippen LogP contribution in [0.25, 0.3) is 0 Å². The molecule has 1 unspecified atom stereocenters. The van der Waals surface area contributed by atoms with Crippen molar-refractivity contribution < 1.29 is 19.4 Å². The van der Waals surface area contributed by atoms with Crippen molar-refractivity contribution in [3.63, 3.8) is 0 Å². The first kappa shape index (κ1) is 17.8. The van der Waals surface area contributed by atoms with Crippen molar-refractivity contribution in [3.8, 4) is 0 Å². The lowest BCUT2D eigenvalue weighted by atomic mass is 10.1. The highest BCUT2D eigenvalue weighted by Crippen LogP contribution is 1.97. The van der Waals surface area contributed by atoms with Crippen molar-refractivity contribution in [2.45, 2.75) is 32.4 Å². The molecule has 2 atom stereocenters. The van der Waals surface area contributed by atoms with Gasteiger partial charge in [0, 0.05) is 13.7 Å². The third-order valence-corrected chi connectivity index (χ3v) is 2.60. The van der Waals surface area contributed by atoms with Crippen LogP contribution in [0, 0.1) is 5.92 Å². The molecular weight excluding hydrogens is 250 g/mol. The molecule has 0 rings (SSSR count). The number of nitrogens with one attached hydrogen (secondary N) is 2. The highest BCUT2D eigenvalue weighted by Gasteiger charge is 2.17. The van der Waals surface area contributed by atoms with E-state index in [2.05, 4.69) is 10.6 Å². The number of aliphatic hydroxyl groups excluding tert-OH is 1. The molecule has 0 aromatic carbocycles. The minimum Gasteiger partial charge on any atom is -0.391 e. The van der Waals surface area contributed by atoms with Gasteiger partial charge in [-0.1, -0.05) is 13.8 Å². The van der Waals surface area contributed by atoms with Gasteiger partial charge in [-0.2, -0.15) is 0 Å². The summed E-state index contributed by atoms with van der Waals surface area (Å²) in [6.07, 6.45) is -0.201. The normalized spacial score (nSPS) is 14.0. The molecule has 7 heteroatoms. The molecule has 0 aromatic rings. The Balaban J connectivity index is 3.73. The molecule has 7 nitrogen and oxygen atoms in total. The lowest BCUT2D eigenvalue weighted by Gasteiger charge is -2.15. The van der Waals surface area contributed by atoms with E-state index in [0.29, 0.717) is 13.0 Å². The van der Waals surface area contributed by atoms with Gasteiger partial charge in [0.25, 0.3) is 0 Å².